The van der Waals surface area contributed by atoms with Crippen molar-refractivity contribution in [3.8, 4) is 11.5 Å². The molecule has 5 heteroatoms. The number of benzene rings is 1. The zero-order valence-corrected chi connectivity index (χ0v) is 14.0. The van der Waals surface area contributed by atoms with Crippen molar-refractivity contribution in [2.24, 2.45) is 10.9 Å². The number of aliphatic imine (C=N–C) groups is 1. The quantitative estimate of drug-likeness (QED) is 0.601. The van der Waals surface area contributed by atoms with Gasteiger partial charge in [0.15, 0.2) is 5.96 Å². The molecule has 1 aromatic rings. The van der Waals surface area contributed by atoms with Gasteiger partial charge in [0.25, 0.3) is 0 Å². The van der Waals surface area contributed by atoms with Gasteiger partial charge in [0, 0.05) is 19.2 Å². The molecule has 1 unspecified atom stereocenters. The zero-order chi connectivity index (χ0) is 15.9. The molecule has 1 fully saturated rings. The van der Waals surface area contributed by atoms with E-state index in [0.29, 0.717) is 0 Å². The Kier molecular flexibility index (Phi) is 5.92. The Balaban J connectivity index is 1.97. The Morgan fingerprint density at radius 2 is 2.09 bits per heavy atom. The Hall–Kier alpha value is -1.91. The first kappa shape index (κ1) is 16.5. The molecule has 0 aliphatic heterocycles. The predicted molar refractivity (Wildman–Crippen MR) is 89.8 cm³/mol. The minimum atomic E-state index is 0.0668. The number of hydrogen-bond donors (Lipinski definition) is 2. The van der Waals surface area contributed by atoms with E-state index in [0.717, 1.165) is 35.5 Å². The topological polar surface area (TPSA) is 54.9 Å². The molecule has 1 aliphatic carbocycles. The lowest BCUT2D eigenvalue weighted by Gasteiger charge is -2.20. The maximum Gasteiger partial charge on any atom is 0.191 e. The van der Waals surface area contributed by atoms with Crippen molar-refractivity contribution in [3.05, 3.63) is 23.8 Å². The van der Waals surface area contributed by atoms with Crippen LogP contribution in [0, 0.1) is 5.92 Å². The lowest BCUT2D eigenvalue weighted by molar-refractivity contribution is 0.394. The second-order valence-electron chi connectivity index (χ2n) is 5.70. The van der Waals surface area contributed by atoms with E-state index in [-0.39, 0.29) is 6.04 Å². The summed E-state index contributed by atoms with van der Waals surface area (Å²) in [4.78, 5) is 4.29. The van der Waals surface area contributed by atoms with Crippen LogP contribution in [0.2, 0.25) is 0 Å². The summed E-state index contributed by atoms with van der Waals surface area (Å²) in [6, 6.07) is 5.89. The molecule has 0 bridgehead atoms. The molecule has 0 radical (unpaired) electrons. The number of methoxy groups -OCH3 is 2. The average Bonchev–Trinajstić information content (AvgIpc) is 3.37. The van der Waals surface area contributed by atoms with Crippen LogP contribution in [0.3, 0.4) is 0 Å². The smallest absolute Gasteiger partial charge is 0.191 e. The fraction of sp³-hybridized carbons (Fsp3) is 0.588. The minimum absolute atomic E-state index is 0.0668. The van der Waals surface area contributed by atoms with Gasteiger partial charge in [-0.3, -0.25) is 4.99 Å². The summed E-state index contributed by atoms with van der Waals surface area (Å²) in [5, 5.41) is 6.78. The van der Waals surface area contributed by atoms with Crippen molar-refractivity contribution in [3.63, 3.8) is 0 Å². The molecule has 5 nitrogen and oxygen atoms in total. The van der Waals surface area contributed by atoms with Gasteiger partial charge in [-0.05, 0) is 37.5 Å². The summed E-state index contributed by atoms with van der Waals surface area (Å²) in [6.07, 6.45) is 3.98. The van der Waals surface area contributed by atoms with E-state index in [4.69, 9.17) is 9.47 Å². The third kappa shape index (κ3) is 4.55. The molecule has 2 N–H and O–H groups in total. The van der Waals surface area contributed by atoms with Crippen molar-refractivity contribution in [2.45, 2.75) is 32.2 Å². The largest absolute Gasteiger partial charge is 0.497 e. The molecule has 0 heterocycles. The molecule has 1 saturated carbocycles. The van der Waals surface area contributed by atoms with Crippen LogP contribution in [0.25, 0.3) is 0 Å². The van der Waals surface area contributed by atoms with Crippen LogP contribution in [0.15, 0.2) is 23.2 Å². The first-order chi connectivity index (χ1) is 10.7. The van der Waals surface area contributed by atoms with Crippen LogP contribution in [-0.4, -0.2) is 33.8 Å². The molecule has 0 aromatic heterocycles. The molecule has 0 amide bonds. The molecule has 1 atom stereocenters. The van der Waals surface area contributed by atoms with Crippen LogP contribution >= 0.6 is 0 Å². The van der Waals surface area contributed by atoms with Gasteiger partial charge in [-0.25, -0.2) is 0 Å². The van der Waals surface area contributed by atoms with Crippen molar-refractivity contribution >= 4 is 5.96 Å². The van der Waals surface area contributed by atoms with Gasteiger partial charge in [0.1, 0.15) is 11.5 Å². The molecule has 2 rings (SSSR count). The number of nitrogens with zero attached hydrogens (tertiary/aromatic N) is 1. The lowest BCUT2D eigenvalue weighted by atomic mass is 10.1. The van der Waals surface area contributed by atoms with Crippen LogP contribution < -0.4 is 20.1 Å². The van der Waals surface area contributed by atoms with Gasteiger partial charge >= 0.3 is 0 Å². The highest BCUT2D eigenvalue weighted by atomic mass is 16.5. The van der Waals surface area contributed by atoms with E-state index in [1.807, 2.05) is 18.2 Å². The van der Waals surface area contributed by atoms with Crippen molar-refractivity contribution in [2.75, 3.05) is 27.8 Å². The Bertz CT molecular complexity index is 513. The van der Waals surface area contributed by atoms with Crippen LogP contribution in [0.4, 0.5) is 0 Å². The summed E-state index contributed by atoms with van der Waals surface area (Å²) in [6.45, 7) is 3.05. The highest BCUT2D eigenvalue weighted by Crippen LogP contribution is 2.31. The van der Waals surface area contributed by atoms with Crippen LogP contribution in [0.1, 0.15) is 37.8 Å². The van der Waals surface area contributed by atoms with Crippen molar-refractivity contribution in [1.29, 1.82) is 0 Å². The third-order valence-corrected chi connectivity index (χ3v) is 4.02. The molecule has 0 spiro atoms. The van der Waals surface area contributed by atoms with E-state index in [1.54, 1.807) is 21.3 Å². The SMILES string of the molecule is CN=C(NCCC1CC1)NC(C)c1cc(OC)ccc1OC. The monoisotopic (exact) mass is 305 g/mol. The van der Waals surface area contributed by atoms with Gasteiger partial charge in [-0.2, -0.15) is 0 Å². The number of ether oxygens (including phenoxy) is 2. The highest BCUT2D eigenvalue weighted by molar-refractivity contribution is 5.80. The van der Waals surface area contributed by atoms with E-state index < -0.39 is 0 Å². The average molecular weight is 305 g/mol. The lowest BCUT2D eigenvalue weighted by Crippen LogP contribution is -2.39. The second-order valence-corrected chi connectivity index (χ2v) is 5.70. The molecule has 122 valence electrons. The first-order valence-electron chi connectivity index (χ1n) is 7.87. The van der Waals surface area contributed by atoms with E-state index >= 15 is 0 Å². The van der Waals surface area contributed by atoms with Gasteiger partial charge in [0.2, 0.25) is 0 Å². The summed E-state index contributed by atoms with van der Waals surface area (Å²) in [7, 11) is 5.14. The number of hydrogen-bond acceptors (Lipinski definition) is 3. The summed E-state index contributed by atoms with van der Waals surface area (Å²) in [5.74, 6) is 3.40. The first-order valence-corrected chi connectivity index (χ1v) is 7.87. The maximum absolute atomic E-state index is 5.45. The van der Waals surface area contributed by atoms with Gasteiger partial charge in [-0.1, -0.05) is 12.8 Å². The fourth-order valence-electron chi connectivity index (χ4n) is 2.46. The predicted octanol–water partition coefficient (Wildman–Crippen LogP) is 2.73. The zero-order valence-electron chi connectivity index (χ0n) is 14.0. The number of guanidine groups is 1. The summed E-state index contributed by atoms with van der Waals surface area (Å²) < 4.78 is 10.8. The summed E-state index contributed by atoms with van der Waals surface area (Å²) in [5.41, 5.74) is 1.05. The van der Waals surface area contributed by atoms with Crippen molar-refractivity contribution in [1.82, 2.24) is 10.6 Å². The minimum Gasteiger partial charge on any atom is -0.497 e. The van der Waals surface area contributed by atoms with E-state index in [1.165, 1.54) is 19.3 Å². The number of nitrogens with one attached hydrogen (secondary N) is 2. The van der Waals surface area contributed by atoms with Gasteiger partial charge < -0.3 is 20.1 Å². The Labute approximate surface area is 133 Å². The molecule has 1 aromatic carbocycles. The summed E-state index contributed by atoms with van der Waals surface area (Å²) >= 11 is 0. The normalized spacial score (nSPS) is 16.1. The molecule has 0 saturated heterocycles. The second kappa shape index (κ2) is 7.92. The van der Waals surface area contributed by atoms with Crippen LogP contribution in [-0.2, 0) is 0 Å². The molecule has 1 aliphatic rings. The van der Waals surface area contributed by atoms with Gasteiger partial charge in [-0.15, -0.1) is 0 Å². The molecular formula is C17H27N3O2. The fourth-order valence-corrected chi connectivity index (χ4v) is 2.46. The highest BCUT2D eigenvalue weighted by Gasteiger charge is 2.20. The van der Waals surface area contributed by atoms with Crippen LogP contribution in [0.5, 0.6) is 11.5 Å². The number of rotatable bonds is 7. The molecule has 22 heavy (non-hydrogen) atoms. The maximum atomic E-state index is 5.45. The molecular weight excluding hydrogens is 278 g/mol. The Morgan fingerprint density at radius 3 is 2.68 bits per heavy atom. The van der Waals surface area contributed by atoms with E-state index in [2.05, 4.69) is 22.5 Å². The Morgan fingerprint density at radius 1 is 1.32 bits per heavy atom. The van der Waals surface area contributed by atoms with Crippen molar-refractivity contribution < 1.29 is 9.47 Å². The van der Waals surface area contributed by atoms with E-state index in [9.17, 15) is 0 Å². The third-order valence-electron chi connectivity index (χ3n) is 4.02. The van der Waals surface area contributed by atoms with Gasteiger partial charge in [0.05, 0.1) is 20.3 Å². The standard InChI is InChI=1S/C17H27N3O2/c1-12(15-11-14(21-3)7-8-16(15)22-4)20-17(18-2)19-10-9-13-5-6-13/h7-8,11-13H,5-6,9-10H2,1-4H3,(H2,18,19,20).